The summed E-state index contributed by atoms with van der Waals surface area (Å²) in [6, 6.07) is 8.09. The number of anilines is 1. The second-order valence-electron chi connectivity index (χ2n) is 7.72. The smallest absolute Gasteiger partial charge is 0.333 e. The summed E-state index contributed by atoms with van der Waals surface area (Å²) >= 11 is 6.04. The second-order valence-corrected chi connectivity index (χ2v) is 9.37. The van der Waals surface area contributed by atoms with Crippen molar-refractivity contribution in [1.82, 2.24) is 14.5 Å². The van der Waals surface area contributed by atoms with Gasteiger partial charge in [-0.15, -0.1) is 0 Å². The molecule has 2 atom stereocenters. The van der Waals surface area contributed by atoms with E-state index in [4.69, 9.17) is 20.9 Å². The third-order valence-electron chi connectivity index (χ3n) is 5.64. The van der Waals surface area contributed by atoms with Crippen molar-refractivity contribution < 1.29 is 12.6 Å². The highest BCUT2D eigenvalue weighted by Crippen LogP contribution is 2.37. The normalized spacial score (nSPS) is 19.4. The molecule has 2 heterocycles. The van der Waals surface area contributed by atoms with Crippen LogP contribution in [0.2, 0.25) is 5.02 Å². The SMILES string of the molecule is Cc1cc(Cl)ccc1CNc1ncnc2c1ccn2[C@H]1CC[C@H](COS(N)(=O)=O)C1. The maximum absolute atomic E-state index is 11.0. The predicted molar refractivity (Wildman–Crippen MR) is 116 cm³/mol. The van der Waals surface area contributed by atoms with E-state index in [0.29, 0.717) is 6.54 Å². The third-order valence-corrected chi connectivity index (χ3v) is 6.33. The lowest BCUT2D eigenvalue weighted by Gasteiger charge is -2.15. The number of halogens is 1. The molecule has 0 spiro atoms. The molecule has 10 heteroatoms. The second kappa shape index (κ2) is 8.50. The summed E-state index contributed by atoms with van der Waals surface area (Å²) < 4.78 is 29.0. The number of benzene rings is 1. The monoisotopic (exact) mass is 449 g/mol. The third kappa shape index (κ3) is 4.75. The molecule has 1 saturated carbocycles. The Hall–Kier alpha value is -2.20. The van der Waals surface area contributed by atoms with Crippen LogP contribution in [0.1, 0.15) is 36.4 Å². The molecule has 0 aliphatic heterocycles. The van der Waals surface area contributed by atoms with E-state index in [2.05, 4.69) is 19.9 Å². The maximum atomic E-state index is 11.0. The van der Waals surface area contributed by atoms with Gasteiger partial charge in [0.15, 0.2) is 0 Å². The Morgan fingerprint density at radius 2 is 2.13 bits per heavy atom. The van der Waals surface area contributed by atoms with Crippen LogP contribution < -0.4 is 10.5 Å². The summed E-state index contributed by atoms with van der Waals surface area (Å²) in [5.41, 5.74) is 3.13. The first-order valence-electron chi connectivity index (χ1n) is 9.78. The van der Waals surface area contributed by atoms with E-state index >= 15 is 0 Å². The summed E-state index contributed by atoms with van der Waals surface area (Å²) in [4.78, 5) is 8.91. The molecule has 1 aliphatic carbocycles. The van der Waals surface area contributed by atoms with E-state index in [9.17, 15) is 8.42 Å². The number of fused-ring (bicyclic) bond motifs is 1. The van der Waals surface area contributed by atoms with Crippen LogP contribution in [-0.2, 0) is 21.0 Å². The van der Waals surface area contributed by atoms with Crippen LogP contribution in [0.15, 0.2) is 36.8 Å². The molecule has 3 N–H and O–H groups in total. The lowest BCUT2D eigenvalue weighted by molar-refractivity contribution is 0.253. The van der Waals surface area contributed by atoms with Gasteiger partial charge in [-0.2, -0.15) is 8.42 Å². The fraction of sp³-hybridized carbons (Fsp3) is 0.400. The Morgan fingerprint density at radius 1 is 1.30 bits per heavy atom. The number of aromatic nitrogens is 3. The number of nitrogens with two attached hydrogens (primary N) is 1. The van der Waals surface area contributed by atoms with Crippen LogP contribution in [0, 0.1) is 12.8 Å². The van der Waals surface area contributed by atoms with E-state index in [-0.39, 0.29) is 18.6 Å². The number of aryl methyl sites for hydroxylation is 1. The lowest BCUT2D eigenvalue weighted by atomic mass is 10.1. The van der Waals surface area contributed by atoms with Crippen LogP contribution in [0.5, 0.6) is 0 Å². The molecule has 1 aromatic carbocycles. The van der Waals surface area contributed by atoms with Gasteiger partial charge in [-0.25, -0.2) is 15.1 Å². The zero-order chi connectivity index (χ0) is 21.3. The average molecular weight is 450 g/mol. The fourth-order valence-electron chi connectivity index (χ4n) is 4.09. The van der Waals surface area contributed by atoms with Gasteiger partial charge in [-0.1, -0.05) is 17.7 Å². The van der Waals surface area contributed by atoms with Crippen molar-refractivity contribution in [2.45, 2.75) is 38.8 Å². The molecule has 1 fully saturated rings. The summed E-state index contributed by atoms with van der Waals surface area (Å²) in [6.07, 6.45) is 6.21. The van der Waals surface area contributed by atoms with Gasteiger partial charge in [0, 0.05) is 23.8 Å². The molecular formula is C20H24ClN5O3S. The van der Waals surface area contributed by atoms with Crippen molar-refractivity contribution in [3.05, 3.63) is 52.9 Å². The Morgan fingerprint density at radius 3 is 2.90 bits per heavy atom. The minimum Gasteiger partial charge on any atom is -0.365 e. The molecule has 3 aromatic rings. The zero-order valence-electron chi connectivity index (χ0n) is 16.6. The highest BCUT2D eigenvalue weighted by atomic mass is 35.5. The van der Waals surface area contributed by atoms with Crippen LogP contribution in [-0.4, -0.2) is 29.6 Å². The summed E-state index contributed by atoms with van der Waals surface area (Å²) in [7, 11) is -3.90. The van der Waals surface area contributed by atoms with Gasteiger partial charge in [0.2, 0.25) is 0 Å². The molecule has 0 saturated heterocycles. The van der Waals surface area contributed by atoms with Gasteiger partial charge >= 0.3 is 10.3 Å². The van der Waals surface area contributed by atoms with Gasteiger partial charge in [0.1, 0.15) is 17.8 Å². The van der Waals surface area contributed by atoms with Gasteiger partial charge < -0.3 is 9.88 Å². The number of nitrogens with zero attached hydrogens (tertiary/aromatic N) is 3. The van der Waals surface area contributed by atoms with Crippen LogP contribution >= 0.6 is 11.6 Å². The molecule has 160 valence electrons. The van der Waals surface area contributed by atoms with E-state index < -0.39 is 10.3 Å². The van der Waals surface area contributed by atoms with Crippen molar-refractivity contribution >= 4 is 38.8 Å². The van der Waals surface area contributed by atoms with Crippen LogP contribution in [0.3, 0.4) is 0 Å². The van der Waals surface area contributed by atoms with E-state index in [1.165, 1.54) is 0 Å². The zero-order valence-corrected chi connectivity index (χ0v) is 18.2. The topological polar surface area (TPSA) is 112 Å². The molecule has 4 rings (SSSR count). The van der Waals surface area contributed by atoms with E-state index in [1.807, 2.05) is 37.4 Å². The lowest BCUT2D eigenvalue weighted by Crippen LogP contribution is -2.19. The quantitative estimate of drug-likeness (QED) is 0.570. The minimum atomic E-state index is -3.90. The van der Waals surface area contributed by atoms with E-state index in [1.54, 1.807) is 6.33 Å². The highest BCUT2D eigenvalue weighted by molar-refractivity contribution is 7.84. The van der Waals surface area contributed by atoms with Crippen molar-refractivity contribution in [2.24, 2.45) is 11.1 Å². The van der Waals surface area contributed by atoms with E-state index in [0.717, 1.165) is 52.3 Å². The summed E-state index contributed by atoms with van der Waals surface area (Å²) in [5.74, 6) is 0.929. The van der Waals surface area contributed by atoms with Gasteiger partial charge in [0.25, 0.3) is 0 Å². The molecule has 0 radical (unpaired) electrons. The Bertz CT molecular complexity index is 1160. The molecule has 2 aromatic heterocycles. The van der Waals surface area contributed by atoms with Crippen LogP contribution in [0.25, 0.3) is 11.0 Å². The molecule has 30 heavy (non-hydrogen) atoms. The molecular weight excluding hydrogens is 426 g/mol. The molecule has 0 unspecified atom stereocenters. The average Bonchev–Trinajstić information content (AvgIpc) is 3.32. The van der Waals surface area contributed by atoms with Gasteiger partial charge in [-0.05, 0) is 61.4 Å². The first kappa shape index (κ1) is 21.0. The largest absolute Gasteiger partial charge is 0.365 e. The number of nitrogens with one attached hydrogen (secondary N) is 1. The summed E-state index contributed by atoms with van der Waals surface area (Å²) in [5, 5.41) is 10.0. The van der Waals surface area contributed by atoms with Crippen molar-refractivity contribution in [3.63, 3.8) is 0 Å². The first-order chi connectivity index (χ1) is 14.3. The maximum Gasteiger partial charge on any atom is 0.333 e. The minimum absolute atomic E-state index is 0.122. The fourth-order valence-corrected chi connectivity index (χ4v) is 4.70. The van der Waals surface area contributed by atoms with Gasteiger partial charge in [-0.3, -0.25) is 4.18 Å². The van der Waals surface area contributed by atoms with Gasteiger partial charge in [0.05, 0.1) is 12.0 Å². The molecule has 1 aliphatic rings. The number of rotatable bonds is 7. The highest BCUT2D eigenvalue weighted by Gasteiger charge is 2.28. The standard InChI is InChI=1S/C20H24ClN5O3S/c1-13-8-16(21)4-3-15(13)10-23-19-18-6-7-26(20(18)25-12-24-19)17-5-2-14(9-17)11-29-30(22,27)28/h3-4,6-8,12,14,17H,2,5,9-11H2,1H3,(H2,22,27,28)(H,23,24,25)/t14-,17-/m0/s1. The molecule has 0 amide bonds. The Balaban J connectivity index is 1.48. The predicted octanol–water partition coefficient (Wildman–Crippen LogP) is 3.57. The van der Waals surface area contributed by atoms with Crippen molar-refractivity contribution in [3.8, 4) is 0 Å². The molecule has 8 nitrogen and oxygen atoms in total. The first-order valence-corrected chi connectivity index (χ1v) is 11.6. The number of hydrogen-bond acceptors (Lipinski definition) is 6. The van der Waals surface area contributed by atoms with Crippen molar-refractivity contribution in [2.75, 3.05) is 11.9 Å². The summed E-state index contributed by atoms with van der Waals surface area (Å²) in [6.45, 7) is 2.79. The Labute approximate surface area is 180 Å². The Kier molecular flexibility index (Phi) is 5.97. The molecule has 0 bridgehead atoms. The number of hydrogen-bond donors (Lipinski definition) is 2. The van der Waals surface area contributed by atoms with Crippen molar-refractivity contribution in [1.29, 1.82) is 0 Å². The van der Waals surface area contributed by atoms with Crippen LogP contribution in [0.4, 0.5) is 5.82 Å².